The van der Waals surface area contributed by atoms with Gasteiger partial charge in [-0.2, -0.15) is 8.42 Å². The smallest absolute Gasteiger partial charge is 0.266 e. The number of hydrogen-bond donors (Lipinski definition) is 0. The maximum absolute atomic E-state index is 11.8. The van der Waals surface area contributed by atoms with Crippen LogP contribution in [0, 0.1) is 0 Å². The van der Waals surface area contributed by atoms with Gasteiger partial charge in [0.2, 0.25) is 0 Å². The topological polar surface area (TPSA) is 43.4 Å². The summed E-state index contributed by atoms with van der Waals surface area (Å²) in [7, 11) is -3.61. The second-order valence-electron chi connectivity index (χ2n) is 4.11. The molecule has 0 aliphatic carbocycles. The van der Waals surface area contributed by atoms with E-state index in [0.29, 0.717) is 0 Å². The van der Waals surface area contributed by atoms with Crippen molar-refractivity contribution in [1.29, 1.82) is 0 Å². The molecule has 3 nitrogen and oxygen atoms in total. The van der Waals surface area contributed by atoms with E-state index in [1.807, 2.05) is 0 Å². The van der Waals surface area contributed by atoms with Crippen LogP contribution in [0.5, 0.6) is 0 Å². The third kappa shape index (κ3) is 4.63. The Balaban J connectivity index is 2.54. The molecule has 0 unspecified atom stereocenters. The Bertz CT molecular complexity index is 460. The minimum Gasteiger partial charge on any atom is -0.266 e. The molecule has 0 aliphatic rings. The lowest BCUT2D eigenvalue weighted by molar-refractivity contribution is 0.307. The lowest BCUT2D eigenvalue weighted by Gasteiger charge is -2.05. The lowest BCUT2D eigenvalue weighted by Crippen LogP contribution is -2.07. The molecule has 0 radical (unpaired) electrons. The monoisotopic (exact) mass is 268 g/mol. The van der Waals surface area contributed by atoms with Crippen LogP contribution >= 0.6 is 0 Å². The summed E-state index contributed by atoms with van der Waals surface area (Å²) in [5.74, 6) is 0. The highest BCUT2D eigenvalue weighted by Crippen LogP contribution is 2.14. The van der Waals surface area contributed by atoms with E-state index < -0.39 is 10.1 Å². The van der Waals surface area contributed by atoms with Gasteiger partial charge in [-0.1, -0.05) is 51.0 Å². The van der Waals surface area contributed by atoms with Crippen molar-refractivity contribution in [2.24, 2.45) is 0 Å². The number of hydrogen-bond acceptors (Lipinski definition) is 3. The molecule has 0 saturated carbocycles. The van der Waals surface area contributed by atoms with Crippen molar-refractivity contribution < 1.29 is 12.6 Å². The van der Waals surface area contributed by atoms with Crippen LogP contribution in [0.15, 0.2) is 35.7 Å². The molecule has 100 valence electrons. The third-order valence-electron chi connectivity index (χ3n) is 2.64. The van der Waals surface area contributed by atoms with Gasteiger partial charge in [0.15, 0.2) is 0 Å². The minimum atomic E-state index is -3.61. The predicted molar refractivity (Wildman–Crippen MR) is 73.8 cm³/mol. The van der Waals surface area contributed by atoms with Crippen molar-refractivity contribution in [3.8, 4) is 0 Å². The standard InChI is InChI=1S/C14H20O3S/c1-3-5-6-7-12-17-18(15,16)14-10-8-13(4-2)9-11-14/h4,8-11H,2-3,5-7,12H2,1H3. The summed E-state index contributed by atoms with van der Waals surface area (Å²) >= 11 is 0. The molecule has 0 aromatic heterocycles. The molecule has 18 heavy (non-hydrogen) atoms. The minimum absolute atomic E-state index is 0.198. The maximum atomic E-state index is 11.8. The van der Waals surface area contributed by atoms with Gasteiger partial charge in [0.1, 0.15) is 0 Å². The van der Waals surface area contributed by atoms with Crippen LogP contribution in [0.2, 0.25) is 0 Å². The third-order valence-corrected chi connectivity index (χ3v) is 3.97. The zero-order chi connectivity index (χ0) is 13.4. The fourth-order valence-corrected chi connectivity index (χ4v) is 2.48. The Labute approximate surface area is 110 Å². The fraction of sp³-hybridized carbons (Fsp3) is 0.429. The van der Waals surface area contributed by atoms with E-state index in [1.54, 1.807) is 30.3 Å². The van der Waals surface area contributed by atoms with Crippen molar-refractivity contribution in [2.45, 2.75) is 37.5 Å². The molecule has 1 aromatic rings. The number of unbranched alkanes of at least 4 members (excludes halogenated alkanes) is 3. The highest BCUT2D eigenvalue weighted by atomic mass is 32.2. The fourth-order valence-electron chi connectivity index (χ4n) is 1.54. The van der Waals surface area contributed by atoms with E-state index in [0.717, 1.165) is 31.2 Å². The van der Waals surface area contributed by atoms with E-state index in [9.17, 15) is 8.42 Å². The highest BCUT2D eigenvalue weighted by Gasteiger charge is 2.14. The summed E-state index contributed by atoms with van der Waals surface area (Å²) in [4.78, 5) is 0.198. The van der Waals surface area contributed by atoms with Gasteiger partial charge in [-0.3, -0.25) is 4.18 Å². The summed E-state index contributed by atoms with van der Waals surface area (Å²) in [6, 6.07) is 6.50. The van der Waals surface area contributed by atoms with Crippen LogP contribution < -0.4 is 0 Å². The summed E-state index contributed by atoms with van der Waals surface area (Å²) in [6.07, 6.45) is 5.68. The predicted octanol–water partition coefficient (Wildman–Crippen LogP) is 3.62. The van der Waals surface area contributed by atoms with Gasteiger partial charge in [-0.15, -0.1) is 0 Å². The molecule has 0 amide bonds. The van der Waals surface area contributed by atoms with E-state index in [2.05, 4.69) is 13.5 Å². The molecule has 4 heteroatoms. The Kier molecular flexibility index (Phi) is 6.09. The molecule has 0 atom stereocenters. The molecule has 0 aliphatic heterocycles. The normalized spacial score (nSPS) is 11.4. The Morgan fingerprint density at radius 3 is 2.39 bits per heavy atom. The first-order valence-corrected chi connectivity index (χ1v) is 7.63. The Hall–Kier alpha value is -1.13. The molecule has 0 bridgehead atoms. The zero-order valence-corrected chi connectivity index (χ0v) is 11.6. The first-order valence-electron chi connectivity index (χ1n) is 6.22. The molecular formula is C14H20O3S. The van der Waals surface area contributed by atoms with Crippen LogP contribution in [0.3, 0.4) is 0 Å². The molecule has 0 saturated heterocycles. The average molecular weight is 268 g/mol. The molecular weight excluding hydrogens is 248 g/mol. The first-order chi connectivity index (χ1) is 8.60. The SMILES string of the molecule is C=Cc1ccc(S(=O)(=O)OCCCCCC)cc1. The number of rotatable bonds is 8. The van der Waals surface area contributed by atoms with Crippen molar-refractivity contribution in [1.82, 2.24) is 0 Å². The van der Waals surface area contributed by atoms with Crippen molar-refractivity contribution >= 4 is 16.2 Å². The second kappa shape index (κ2) is 7.34. The van der Waals surface area contributed by atoms with E-state index in [-0.39, 0.29) is 11.5 Å². The summed E-state index contributed by atoms with van der Waals surface area (Å²) in [5.41, 5.74) is 0.886. The van der Waals surface area contributed by atoms with E-state index >= 15 is 0 Å². The number of benzene rings is 1. The van der Waals surface area contributed by atoms with Crippen LogP contribution in [0.4, 0.5) is 0 Å². The second-order valence-corrected chi connectivity index (χ2v) is 5.73. The largest absolute Gasteiger partial charge is 0.296 e. The summed E-state index contributed by atoms with van der Waals surface area (Å²) < 4.78 is 28.6. The van der Waals surface area contributed by atoms with Gasteiger partial charge < -0.3 is 0 Å². The van der Waals surface area contributed by atoms with Crippen molar-refractivity contribution in [3.63, 3.8) is 0 Å². The summed E-state index contributed by atoms with van der Waals surface area (Å²) in [5, 5.41) is 0. The molecule has 1 aromatic carbocycles. The quantitative estimate of drug-likeness (QED) is 0.534. The molecule has 1 rings (SSSR count). The van der Waals surface area contributed by atoms with Gasteiger partial charge in [-0.05, 0) is 24.1 Å². The Morgan fingerprint density at radius 2 is 1.83 bits per heavy atom. The van der Waals surface area contributed by atoms with Crippen LogP contribution in [-0.2, 0) is 14.3 Å². The molecule has 0 fully saturated rings. The zero-order valence-electron chi connectivity index (χ0n) is 10.8. The molecule has 0 N–H and O–H groups in total. The van der Waals surface area contributed by atoms with Crippen LogP contribution in [0.25, 0.3) is 6.08 Å². The first kappa shape index (κ1) is 14.9. The van der Waals surface area contributed by atoms with Crippen LogP contribution in [-0.4, -0.2) is 15.0 Å². The maximum Gasteiger partial charge on any atom is 0.296 e. The van der Waals surface area contributed by atoms with Crippen molar-refractivity contribution in [2.75, 3.05) is 6.61 Å². The van der Waals surface area contributed by atoms with Crippen LogP contribution in [0.1, 0.15) is 38.2 Å². The average Bonchev–Trinajstić information content (AvgIpc) is 2.38. The molecule has 0 heterocycles. The van der Waals surface area contributed by atoms with E-state index in [4.69, 9.17) is 4.18 Å². The van der Waals surface area contributed by atoms with Gasteiger partial charge >= 0.3 is 0 Å². The van der Waals surface area contributed by atoms with Crippen molar-refractivity contribution in [3.05, 3.63) is 36.4 Å². The van der Waals surface area contributed by atoms with Gasteiger partial charge in [0.25, 0.3) is 10.1 Å². The van der Waals surface area contributed by atoms with Gasteiger partial charge in [-0.25, -0.2) is 0 Å². The highest BCUT2D eigenvalue weighted by molar-refractivity contribution is 7.86. The Morgan fingerprint density at radius 1 is 1.17 bits per heavy atom. The molecule has 0 spiro atoms. The van der Waals surface area contributed by atoms with Gasteiger partial charge in [0, 0.05) is 0 Å². The summed E-state index contributed by atoms with van der Waals surface area (Å²) in [6.45, 7) is 5.99. The van der Waals surface area contributed by atoms with E-state index in [1.165, 1.54) is 0 Å². The van der Waals surface area contributed by atoms with Gasteiger partial charge in [0.05, 0.1) is 11.5 Å². The lowest BCUT2D eigenvalue weighted by atomic mass is 10.2.